The summed E-state index contributed by atoms with van der Waals surface area (Å²) in [5, 5.41) is 17.3. The number of nitrogens with one attached hydrogen (secondary N) is 2. The first kappa shape index (κ1) is 19.6. The van der Waals surface area contributed by atoms with Gasteiger partial charge in [-0.2, -0.15) is 5.10 Å². The van der Waals surface area contributed by atoms with Crippen molar-refractivity contribution < 1.29 is 24.2 Å². The summed E-state index contributed by atoms with van der Waals surface area (Å²) in [5.74, 6) is -3.08. The van der Waals surface area contributed by atoms with Crippen LogP contribution < -0.4 is 20.6 Å². The third-order valence-electron chi connectivity index (χ3n) is 3.75. The molecule has 0 atom stereocenters. The number of carbonyl (C=O) groups is 3. The zero-order chi connectivity index (χ0) is 20.0. The molecule has 0 unspecified atom stereocenters. The molecule has 2 amide bonds. The van der Waals surface area contributed by atoms with E-state index in [-0.39, 0.29) is 11.3 Å². The normalized spacial score (nSPS) is 10.5. The maximum atomic E-state index is 12.0. The lowest BCUT2D eigenvalue weighted by Gasteiger charge is -2.10. The van der Waals surface area contributed by atoms with E-state index in [0.717, 1.165) is 11.1 Å². The third-order valence-corrected chi connectivity index (χ3v) is 3.75. The summed E-state index contributed by atoms with van der Waals surface area (Å²) in [6.45, 7) is 3.63. The number of ether oxygens (including phenoxy) is 1. The van der Waals surface area contributed by atoms with Gasteiger partial charge in [0.15, 0.2) is 0 Å². The van der Waals surface area contributed by atoms with Crippen molar-refractivity contribution in [1.29, 1.82) is 0 Å². The summed E-state index contributed by atoms with van der Waals surface area (Å²) in [6.07, 6.45) is 1.20. The van der Waals surface area contributed by atoms with Crippen LogP contribution in [0.4, 0.5) is 5.69 Å². The molecule has 0 aliphatic heterocycles. The second-order valence-electron chi connectivity index (χ2n) is 5.67. The molecule has 0 spiro atoms. The van der Waals surface area contributed by atoms with Crippen molar-refractivity contribution in [2.45, 2.75) is 13.8 Å². The van der Waals surface area contributed by atoms with Crippen LogP contribution in [0.25, 0.3) is 0 Å². The zero-order valence-electron chi connectivity index (χ0n) is 15.0. The van der Waals surface area contributed by atoms with Crippen molar-refractivity contribution in [2.75, 3.05) is 12.4 Å². The van der Waals surface area contributed by atoms with Crippen LogP contribution in [0.2, 0.25) is 0 Å². The Kier molecular flexibility index (Phi) is 6.27. The molecule has 27 heavy (non-hydrogen) atoms. The first-order valence-electron chi connectivity index (χ1n) is 7.93. The van der Waals surface area contributed by atoms with Gasteiger partial charge in [0.1, 0.15) is 5.75 Å². The molecule has 0 fully saturated rings. The number of hydrazone groups is 1. The molecule has 2 N–H and O–H groups in total. The number of benzene rings is 2. The fourth-order valence-corrected chi connectivity index (χ4v) is 2.36. The van der Waals surface area contributed by atoms with E-state index >= 15 is 0 Å². The van der Waals surface area contributed by atoms with Gasteiger partial charge in [-0.3, -0.25) is 9.59 Å². The number of rotatable bonds is 5. The molecule has 2 rings (SSSR count). The molecule has 2 aromatic carbocycles. The molecule has 0 heterocycles. The minimum Gasteiger partial charge on any atom is -0.545 e. The van der Waals surface area contributed by atoms with Crippen molar-refractivity contribution in [1.82, 2.24) is 5.43 Å². The summed E-state index contributed by atoms with van der Waals surface area (Å²) < 4.78 is 4.92. The van der Waals surface area contributed by atoms with E-state index in [0.29, 0.717) is 11.3 Å². The van der Waals surface area contributed by atoms with Gasteiger partial charge in [0.25, 0.3) is 0 Å². The van der Waals surface area contributed by atoms with Crippen molar-refractivity contribution in [2.24, 2.45) is 5.10 Å². The monoisotopic (exact) mass is 368 g/mol. The molecule has 0 bridgehead atoms. The summed E-state index contributed by atoms with van der Waals surface area (Å²) in [7, 11) is 1.34. The summed E-state index contributed by atoms with van der Waals surface area (Å²) in [5.41, 5.74) is 4.54. The van der Waals surface area contributed by atoms with Crippen LogP contribution in [0.1, 0.15) is 27.0 Å². The van der Waals surface area contributed by atoms with Crippen molar-refractivity contribution >= 4 is 29.7 Å². The van der Waals surface area contributed by atoms with Crippen LogP contribution in [-0.2, 0) is 9.59 Å². The van der Waals surface area contributed by atoms with Gasteiger partial charge in [-0.25, -0.2) is 5.43 Å². The van der Waals surface area contributed by atoms with Gasteiger partial charge in [-0.15, -0.1) is 0 Å². The van der Waals surface area contributed by atoms with Gasteiger partial charge < -0.3 is 20.0 Å². The molecule has 0 saturated carbocycles. The zero-order valence-corrected chi connectivity index (χ0v) is 15.0. The van der Waals surface area contributed by atoms with Crippen LogP contribution in [-0.4, -0.2) is 31.1 Å². The van der Waals surface area contributed by atoms with E-state index in [1.54, 1.807) is 0 Å². The number of carboxylic acid groups (broad SMARTS) is 1. The number of aromatic carboxylic acids is 1. The summed E-state index contributed by atoms with van der Waals surface area (Å²) >= 11 is 0. The van der Waals surface area contributed by atoms with Crippen LogP contribution in [0.5, 0.6) is 5.75 Å². The first-order valence-corrected chi connectivity index (χ1v) is 7.93. The van der Waals surface area contributed by atoms with Crippen molar-refractivity contribution in [3.05, 3.63) is 58.7 Å². The van der Waals surface area contributed by atoms with Crippen LogP contribution in [0.3, 0.4) is 0 Å². The Labute approximate surface area is 155 Å². The Morgan fingerprint density at radius 2 is 1.74 bits per heavy atom. The molecule has 2 aromatic rings. The van der Waals surface area contributed by atoms with Gasteiger partial charge in [-0.1, -0.05) is 18.2 Å². The van der Waals surface area contributed by atoms with Gasteiger partial charge in [-0.05, 0) is 48.7 Å². The van der Waals surface area contributed by atoms with E-state index in [1.165, 1.54) is 31.5 Å². The molecule has 0 saturated heterocycles. The number of amides is 2. The lowest BCUT2D eigenvalue weighted by molar-refractivity contribution is -0.255. The van der Waals surface area contributed by atoms with Gasteiger partial charge in [0, 0.05) is 11.3 Å². The molecule has 0 aliphatic carbocycles. The van der Waals surface area contributed by atoms with E-state index in [9.17, 15) is 19.5 Å². The Balaban J connectivity index is 2.03. The number of carbonyl (C=O) groups excluding carboxylic acids is 3. The fraction of sp³-hybridized carbons (Fsp3) is 0.158. The number of para-hydroxylation sites is 1. The number of carboxylic acids is 1. The minimum atomic E-state index is -1.40. The highest BCUT2D eigenvalue weighted by Crippen LogP contribution is 2.19. The Morgan fingerprint density at radius 3 is 2.33 bits per heavy atom. The molecule has 0 aliphatic rings. The van der Waals surface area contributed by atoms with Gasteiger partial charge in [0.05, 0.1) is 19.3 Å². The Bertz CT molecular complexity index is 901. The first-order chi connectivity index (χ1) is 12.8. The largest absolute Gasteiger partial charge is 0.545 e. The lowest BCUT2D eigenvalue weighted by atomic mass is 10.1. The molecular weight excluding hydrogens is 350 g/mol. The topological polar surface area (TPSA) is 120 Å². The lowest BCUT2D eigenvalue weighted by Crippen LogP contribution is -2.32. The quantitative estimate of drug-likeness (QED) is 0.459. The number of methoxy groups -OCH3 is 1. The van der Waals surface area contributed by atoms with Crippen molar-refractivity contribution in [3.63, 3.8) is 0 Å². The predicted octanol–water partition coefficient (Wildman–Crippen LogP) is 0.764. The van der Waals surface area contributed by atoms with Crippen LogP contribution in [0, 0.1) is 13.8 Å². The van der Waals surface area contributed by atoms with Gasteiger partial charge in [0.2, 0.25) is 0 Å². The fourth-order valence-electron chi connectivity index (χ4n) is 2.36. The second-order valence-corrected chi connectivity index (χ2v) is 5.67. The molecule has 0 aromatic heterocycles. The molecule has 140 valence electrons. The maximum Gasteiger partial charge on any atom is 0.329 e. The molecule has 0 radical (unpaired) electrons. The summed E-state index contributed by atoms with van der Waals surface area (Å²) in [4.78, 5) is 34.9. The smallest absolute Gasteiger partial charge is 0.329 e. The van der Waals surface area contributed by atoms with E-state index in [4.69, 9.17) is 4.74 Å². The highest BCUT2D eigenvalue weighted by atomic mass is 16.5. The standard InChI is InChI=1S/C19H19N3O5/c1-11-5-4-6-12(2)16(11)21-17(23)18(24)22-20-10-13-7-8-15(27-3)14(9-13)19(25)26/h4-10H,1-3H3,(H,21,23)(H,22,24)(H,25,26)/p-1/b20-10-. The SMILES string of the molecule is COc1ccc(/C=N\NC(=O)C(=O)Nc2c(C)cccc2C)cc1C(=O)[O-]. The number of hydrogen-bond donors (Lipinski definition) is 2. The molecular formula is C19H18N3O5-. The minimum absolute atomic E-state index is 0.143. The molecule has 8 nitrogen and oxygen atoms in total. The average Bonchev–Trinajstić information content (AvgIpc) is 2.64. The molecule has 8 heteroatoms. The van der Waals surface area contributed by atoms with Gasteiger partial charge >= 0.3 is 11.8 Å². The van der Waals surface area contributed by atoms with E-state index < -0.39 is 17.8 Å². The van der Waals surface area contributed by atoms with Crippen LogP contribution in [0.15, 0.2) is 41.5 Å². The number of aryl methyl sites for hydroxylation is 2. The average molecular weight is 368 g/mol. The summed E-state index contributed by atoms with van der Waals surface area (Å²) in [6, 6.07) is 9.73. The number of nitrogens with zero attached hydrogens (tertiary/aromatic N) is 1. The highest BCUT2D eigenvalue weighted by Gasteiger charge is 2.15. The van der Waals surface area contributed by atoms with E-state index in [2.05, 4.69) is 15.8 Å². The Morgan fingerprint density at radius 1 is 1.07 bits per heavy atom. The third kappa shape index (κ3) is 4.91. The van der Waals surface area contributed by atoms with Crippen molar-refractivity contribution in [3.8, 4) is 5.75 Å². The number of hydrogen-bond acceptors (Lipinski definition) is 6. The second kappa shape index (κ2) is 8.61. The maximum absolute atomic E-state index is 12.0. The number of anilines is 1. The highest BCUT2D eigenvalue weighted by molar-refractivity contribution is 6.39. The predicted molar refractivity (Wildman–Crippen MR) is 97.6 cm³/mol. The van der Waals surface area contributed by atoms with Crippen LogP contribution >= 0.6 is 0 Å². The Hall–Kier alpha value is -3.68. The van der Waals surface area contributed by atoms with E-state index in [1.807, 2.05) is 32.0 Å².